The summed E-state index contributed by atoms with van der Waals surface area (Å²) in [6.45, 7) is 1.34. The Hall–Kier alpha value is -4.55. The Morgan fingerprint density at radius 2 is 1.60 bits per heavy atom. The first kappa shape index (κ1) is 28.6. The Labute approximate surface area is 245 Å². The van der Waals surface area contributed by atoms with E-state index in [1.54, 1.807) is 42.5 Å². The quantitative estimate of drug-likeness (QED) is 0.289. The molecule has 2 aromatic carbocycles. The van der Waals surface area contributed by atoms with E-state index in [-0.39, 0.29) is 29.6 Å². The number of carbonyl (C=O) groups excluding carboxylic acids is 2. The molecule has 6 rings (SSSR count). The number of carbonyl (C=O) groups is 2. The van der Waals surface area contributed by atoms with E-state index >= 15 is 0 Å². The van der Waals surface area contributed by atoms with Crippen LogP contribution >= 0.6 is 0 Å². The molecule has 0 bridgehead atoms. The third-order valence-electron chi connectivity index (χ3n) is 8.37. The monoisotopic (exact) mass is 593 g/mol. The van der Waals surface area contributed by atoms with E-state index in [0.29, 0.717) is 24.3 Å². The molecule has 0 atom stereocenters. The number of oxazole rings is 1. The van der Waals surface area contributed by atoms with E-state index < -0.39 is 23.5 Å². The van der Waals surface area contributed by atoms with Crippen LogP contribution in [0, 0.1) is 5.92 Å². The number of rotatable bonds is 6. The lowest BCUT2D eigenvalue weighted by Gasteiger charge is -2.36. The SMILES string of the molecule is O=C(Nc1ccc(C2CCN(C(=O)C3CCC(c4nn[nH]n4)CC3)CC2)cc1)c1nc(-c2ccccc2)oc1C(F)(F)F. The Kier molecular flexibility index (Phi) is 7.96. The van der Waals surface area contributed by atoms with E-state index in [2.05, 4.69) is 30.9 Å². The summed E-state index contributed by atoms with van der Waals surface area (Å²) in [6, 6.07) is 15.1. The van der Waals surface area contributed by atoms with Gasteiger partial charge in [0.05, 0.1) is 0 Å². The summed E-state index contributed by atoms with van der Waals surface area (Å²) < 4.78 is 45.9. The average molecular weight is 594 g/mol. The van der Waals surface area contributed by atoms with Gasteiger partial charge in [0.25, 0.3) is 5.91 Å². The van der Waals surface area contributed by atoms with Crippen molar-refractivity contribution in [3.05, 3.63) is 77.4 Å². The number of likely N-dealkylation sites (tertiary alicyclic amines) is 1. The smallest absolute Gasteiger partial charge is 0.431 e. The number of anilines is 1. The maximum Gasteiger partial charge on any atom is 0.452 e. The van der Waals surface area contributed by atoms with E-state index in [4.69, 9.17) is 4.42 Å². The summed E-state index contributed by atoms with van der Waals surface area (Å²) in [5.74, 6) is -1.29. The zero-order valence-corrected chi connectivity index (χ0v) is 23.2. The van der Waals surface area contributed by atoms with Crippen molar-refractivity contribution in [2.24, 2.45) is 5.92 Å². The number of nitrogens with zero attached hydrogens (tertiary/aromatic N) is 5. The van der Waals surface area contributed by atoms with Crippen LogP contribution in [0.2, 0.25) is 0 Å². The van der Waals surface area contributed by atoms with Crippen LogP contribution in [0.5, 0.6) is 0 Å². The minimum atomic E-state index is -4.89. The number of halogens is 3. The van der Waals surface area contributed by atoms with Gasteiger partial charge in [-0.3, -0.25) is 9.59 Å². The topological polar surface area (TPSA) is 130 Å². The van der Waals surface area contributed by atoms with E-state index in [1.807, 2.05) is 17.0 Å². The third kappa shape index (κ3) is 6.30. The first-order valence-corrected chi connectivity index (χ1v) is 14.3. The van der Waals surface area contributed by atoms with Gasteiger partial charge in [-0.2, -0.15) is 18.4 Å². The second-order valence-corrected chi connectivity index (χ2v) is 11.1. The molecular weight excluding hydrogens is 563 g/mol. The normalized spacial score (nSPS) is 19.7. The van der Waals surface area contributed by atoms with Crippen molar-refractivity contribution in [3.63, 3.8) is 0 Å². The van der Waals surface area contributed by atoms with Gasteiger partial charge >= 0.3 is 6.18 Å². The number of benzene rings is 2. The van der Waals surface area contributed by atoms with Gasteiger partial charge in [0.15, 0.2) is 11.5 Å². The first-order chi connectivity index (χ1) is 20.8. The molecule has 2 amide bonds. The summed E-state index contributed by atoms with van der Waals surface area (Å²) >= 11 is 0. The number of tetrazole rings is 1. The fourth-order valence-corrected chi connectivity index (χ4v) is 6.03. The van der Waals surface area contributed by atoms with Gasteiger partial charge in [-0.1, -0.05) is 35.5 Å². The molecule has 0 unspecified atom stereocenters. The van der Waals surface area contributed by atoms with Crippen molar-refractivity contribution in [1.29, 1.82) is 0 Å². The molecule has 43 heavy (non-hydrogen) atoms. The fourth-order valence-electron chi connectivity index (χ4n) is 6.03. The van der Waals surface area contributed by atoms with Crippen LogP contribution in [0.1, 0.15) is 78.0 Å². The molecule has 2 aromatic heterocycles. The van der Waals surface area contributed by atoms with E-state index in [1.165, 1.54) is 0 Å². The van der Waals surface area contributed by atoms with E-state index in [9.17, 15) is 22.8 Å². The summed E-state index contributed by atoms with van der Waals surface area (Å²) in [6.07, 6.45) is 0.115. The second kappa shape index (κ2) is 12.0. The molecule has 2 aliphatic rings. The van der Waals surface area contributed by atoms with Crippen molar-refractivity contribution in [2.75, 3.05) is 18.4 Å². The molecule has 1 aliphatic heterocycles. The summed E-state index contributed by atoms with van der Waals surface area (Å²) in [5, 5.41) is 16.8. The molecule has 1 saturated carbocycles. The van der Waals surface area contributed by atoms with E-state index in [0.717, 1.165) is 49.9 Å². The third-order valence-corrected chi connectivity index (χ3v) is 8.37. The lowest BCUT2D eigenvalue weighted by atomic mass is 9.80. The van der Waals surface area contributed by atoms with Crippen molar-refractivity contribution in [3.8, 4) is 11.5 Å². The van der Waals surface area contributed by atoms with Gasteiger partial charge in [-0.05, 0) is 74.3 Å². The Balaban J connectivity index is 1.04. The van der Waals surface area contributed by atoms with Crippen LogP contribution in [-0.2, 0) is 11.0 Å². The van der Waals surface area contributed by atoms with Gasteiger partial charge in [-0.25, -0.2) is 4.98 Å². The number of nitrogens with one attached hydrogen (secondary N) is 2. The predicted molar refractivity (Wildman–Crippen MR) is 149 cm³/mol. The number of H-pyrrole nitrogens is 1. The zero-order chi connectivity index (χ0) is 30.0. The minimum absolute atomic E-state index is 0.0222. The number of hydrogen-bond acceptors (Lipinski definition) is 7. The molecule has 3 heterocycles. The second-order valence-electron chi connectivity index (χ2n) is 11.1. The fraction of sp³-hybridized carbons (Fsp3) is 0.400. The standard InChI is InChI=1S/C30H30F3N7O3/c31-30(32,33)25-24(35-28(43-25)21-4-2-1-3-5-21)27(41)34-23-12-10-18(11-13-23)19-14-16-40(17-15-19)29(42)22-8-6-20(7-9-22)26-36-38-39-37-26/h1-5,10-13,19-20,22H,6-9,14-17H2,(H,34,41)(H,36,37,38,39). The molecule has 1 saturated heterocycles. The first-order valence-electron chi connectivity index (χ1n) is 14.3. The Bertz CT molecular complexity index is 1540. The highest BCUT2D eigenvalue weighted by molar-refractivity contribution is 6.04. The van der Waals surface area contributed by atoms with Crippen molar-refractivity contribution < 1.29 is 27.2 Å². The minimum Gasteiger partial charge on any atom is -0.431 e. The molecule has 0 spiro atoms. The molecule has 2 N–H and O–H groups in total. The number of aromatic nitrogens is 5. The number of amides is 2. The lowest BCUT2D eigenvalue weighted by molar-refractivity contribution is -0.153. The lowest BCUT2D eigenvalue weighted by Crippen LogP contribution is -2.42. The van der Waals surface area contributed by atoms with Gasteiger partial charge in [0, 0.05) is 36.2 Å². The number of aromatic amines is 1. The molecule has 224 valence electrons. The average Bonchev–Trinajstić information content (AvgIpc) is 3.73. The number of alkyl halides is 3. The Morgan fingerprint density at radius 1 is 0.907 bits per heavy atom. The summed E-state index contributed by atoms with van der Waals surface area (Å²) in [4.78, 5) is 31.8. The van der Waals surface area contributed by atoms with Gasteiger partial charge in [0.1, 0.15) is 0 Å². The largest absolute Gasteiger partial charge is 0.452 e. The van der Waals surface area contributed by atoms with Gasteiger partial charge < -0.3 is 14.6 Å². The van der Waals surface area contributed by atoms with Crippen LogP contribution < -0.4 is 5.32 Å². The van der Waals surface area contributed by atoms with Crippen LogP contribution in [0.4, 0.5) is 18.9 Å². The summed E-state index contributed by atoms with van der Waals surface area (Å²) in [5.41, 5.74) is 0.900. The predicted octanol–water partition coefficient (Wildman–Crippen LogP) is 5.81. The highest BCUT2D eigenvalue weighted by atomic mass is 19.4. The molecule has 2 fully saturated rings. The molecular formula is C30H30F3N7O3. The van der Waals surface area contributed by atoms with Gasteiger partial charge in [-0.15, -0.1) is 10.2 Å². The molecule has 1 aliphatic carbocycles. The van der Waals surface area contributed by atoms with Crippen molar-refractivity contribution >= 4 is 17.5 Å². The van der Waals surface area contributed by atoms with Gasteiger partial charge in [0.2, 0.25) is 17.6 Å². The maximum absolute atomic E-state index is 13.6. The highest BCUT2D eigenvalue weighted by Gasteiger charge is 2.42. The summed E-state index contributed by atoms with van der Waals surface area (Å²) in [7, 11) is 0. The highest BCUT2D eigenvalue weighted by Crippen LogP contribution is 2.37. The van der Waals surface area contributed by atoms with Crippen LogP contribution in [0.25, 0.3) is 11.5 Å². The van der Waals surface area contributed by atoms with Crippen LogP contribution in [0.3, 0.4) is 0 Å². The molecule has 0 radical (unpaired) electrons. The van der Waals surface area contributed by atoms with Crippen molar-refractivity contribution in [1.82, 2.24) is 30.5 Å². The zero-order valence-electron chi connectivity index (χ0n) is 23.2. The van der Waals surface area contributed by atoms with Crippen molar-refractivity contribution in [2.45, 2.75) is 56.5 Å². The number of piperidine rings is 1. The molecule has 10 nitrogen and oxygen atoms in total. The van der Waals surface area contributed by atoms with Crippen LogP contribution in [0.15, 0.2) is 59.0 Å². The Morgan fingerprint density at radius 3 is 2.23 bits per heavy atom. The maximum atomic E-state index is 13.6. The number of hydrogen-bond donors (Lipinski definition) is 2. The molecule has 13 heteroatoms. The molecule has 4 aromatic rings. The van der Waals surface area contributed by atoms with Crippen LogP contribution in [-0.4, -0.2) is 55.4 Å².